The molecule has 3 rings (SSSR count). The maximum absolute atomic E-state index is 4.50. The van der Waals surface area contributed by atoms with Crippen molar-refractivity contribution in [1.29, 1.82) is 0 Å². The van der Waals surface area contributed by atoms with Gasteiger partial charge in [0.25, 0.3) is 0 Å². The van der Waals surface area contributed by atoms with Gasteiger partial charge in [-0.05, 0) is 64.9 Å². The largest absolute Gasteiger partial charge is 0.299 e. The molecular formula is C16H25N3. The first-order chi connectivity index (χ1) is 9.20. The average Bonchev–Trinajstić information content (AvgIpc) is 2.42. The van der Waals surface area contributed by atoms with Crippen LogP contribution in [0.25, 0.3) is 0 Å². The Balaban J connectivity index is 1.78. The summed E-state index contributed by atoms with van der Waals surface area (Å²) in [7, 11) is 2.30. The predicted molar refractivity (Wildman–Crippen MR) is 77.9 cm³/mol. The Kier molecular flexibility index (Phi) is 3.59. The van der Waals surface area contributed by atoms with E-state index >= 15 is 0 Å². The summed E-state index contributed by atoms with van der Waals surface area (Å²) in [6.07, 6.45) is 7.23. The number of rotatable bonds is 2. The van der Waals surface area contributed by atoms with Gasteiger partial charge in [0, 0.05) is 24.3 Å². The summed E-state index contributed by atoms with van der Waals surface area (Å²) in [5, 5.41) is 0. The molecule has 3 heterocycles. The van der Waals surface area contributed by atoms with E-state index in [1.54, 1.807) is 0 Å². The van der Waals surface area contributed by atoms with E-state index in [0.29, 0.717) is 11.6 Å². The first-order valence-electron chi connectivity index (χ1n) is 7.55. The van der Waals surface area contributed by atoms with Gasteiger partial charge in [0.15, 0.2) is 0 Å². The van der Waals surface area contributed by atoms with Gasteiger partial charge in [-0.25, -0.2) is 0 Å². The maximum Gasteiger partial charge on any atom is 0.0544 e. The second kappa shape index (κ2) is 5.22. The lowest BCUT2D eigenvalue weighted by atomic mass is 9.76. The van der Waals surface area contributed by atoms with Crippen molar-refractivity contribution in [3.63, 3.8) is 0 Å². The van der Waals surface area contributed by atoms with Crippen molar-refractivity contribution >= 4 is 0 Å². The molecule has 3 nitrogen and oxygen atoms in total. The first kappa shape index (κ1) is 13.1. The molecule has 3 heteroatoms. The van der Waals surface area contributed by atoms with Crippen LogP contribution in [0.5, 0.6) is 0 Å². The number of likely N-dealkylation sites (tertiary alicyclic amines) is 2. The number of fused-ring (bicyclic) bond motifs is 1. The van der Waals surface area contributed by atoms with Gasteiger partial charge in [-0.15, -0.1) is 0 Å². The van der Waals surface area contributed by atoms with Crippen LogP contribution in [0.3, 0.4) is 0 Å². The summed E-state index contributed by atoms with van der Waals surface area (Å²) < 4.78 is 0. The van der Waals surface area contributed by atoms with Gasteiger partial charge < -0.3 is 0 Å². The molecule has 19 heavy (non-hydrogen) atoms. The van der Waals surface area contributed by atoms with Crippen LogP contribution in [0, 0.1) is 0 Å². The molecule has 1 aromatic rings. The SMILES string of the molecule is CN1CCC[C@H]2N(Cc3ccccn3)CCC[C@@]21C. The smallest absolute Gasteiger partial charge is 0.0544 e. The summed E-state index contributed by atoms with van der Waals surface area (Å²) in [5.74, 6) is 0. The van der Waals surface area contributed by atoms with E-state index < -0.39 is 0 Å². The molecular weight excluding hydrogens is 234 g/mol. The highest BCUT2D eigenvalue weighted by Gasteiger charge is 2.45. The van der Waals surface area contributed by atoms with Crippen LogP contribution in [-0.2, 0) is 6.54 Å². The molecule has 0 aliphatic carbocycles. The Morgan fingerprint density at radius 2 is 2.21 bits per heavy atom. The van der Waals surface area contributed by atoms with Crippen LogP contribution < -0.4 is 0 Å². The van der Waals surface area contributed by atoms with E-state index in [9.17, 15) is 0 Å². The van der Waals surface area contributed by atoms with Crippen LogP contribution in [0.1, 0.15) is 38.3 Å². The quantitative estimate of drug-likeness (QED) is 0.813. The van der Waals surface area contributed by atoms with Gasteiger partial charge in [0.2, 0.25) is 0 Å². The fourth-order valence-electron chi connectivity index (χ4n) is 3.96. The molecule has 2 fully saturated rings. The van der Waals surface area contributed by atoms with Crippen LogP contribution in [-0.4, -0.2) is 46.5 Å². The van der Waals surface area contributed by atoms with Crippen molar-refractivity contribution in [3.8, 4) is 0 Å². The Morgan fingerprint density at radius 1 is 1.32 bits per heavy atom. The summed E-state index contributed by atoms with van der Waals surface area (Å²) in [6.45, 7) is 5.95. The highest BCUT2D eigenvalue weighted by molar-refractivity contribution is 5.07. The third-order valence-corrected chi connectivity index (χ3v) is 5.22. The number of hydrogen-bond donors (Lipinski definition) is 0. The number of hydrogen-bond acceptors (Lipinski definition) is 3. The van der Waals surface area contributed by atoms with E-state index in [2.05, 4.69) is 40.9 Å². The molecule has 2 aliphatic heterocycles. The van der Waals surface area contributed by atoms with Crippen LogP contribution >= 0.6 is 0 Å². The molecule has 1 aromatic heterocycles. The molecule has 0 N–H and O–H groups in total. The summed E-state index contributed by atoms with van der Waals surface area (Å²) in [4.78, 5) is 9.75. The monoisotopic (exact) mass is 259 g/mol. The Hall–Kier alpha value is -0.930. The minimum atomic E-state index is 0.366. The van der Waals surface area contributed by atoms with Crippen molar-refractivity contribution in [1.82, 2.24) is 14.8 Å². The number of nitrogens with zero attached hydrogens (tertiary/aromatic N) is 3. The lowest BCUT2D eigenvalue weighted by Crippen LogP contribution is -2.64. The van der Waals surface area contributed by atoms with Gasteiger partial charge in [-0.2, -0.15) is 0 Å². The molecule has 0 amide bonds. The zero-order valence-corrected chi connectivity index (χ0v) is 12.2. The second-order valence-electron chi connectivity index (χ2n) is 6.33. The lowest BCUT2D eigenvalue weighted by molar-refractivity contribution is -0.0494. The fourth-order valence-corrected chi connectivity index (χ4v) is 3.96. The molecule has 104 valence electrons. The molecule has 0 radical (unpaired) electrons. The summed E-state index contributed by atoms with van der Waals surface area (Å²) in [5.41, 5.74) is 1.57. The van der Waals surface area contributed by atoms with E-state index in [1.165, 1.54) is 44.5 Å². The third kappa shape index (κ3) is 2.41. The third-order valence-electron chi connectivity index (χ3n) is 5.22. The number of aromatic nitrogens is 1. The van der Waals surface area contributed by atoms with E-state index in [0.717, 1.165) is 6.54 Å². The Labute approximate surface area is 116 Å². The van der Waals surface area contributed by atoms with Gasteiger partial charge in [0.1, 0.15) is 0 Å². The number of likely N-dealkylation sites (N-methyl/N-ethyl adjacent to an activating group) is 1. The molecule has 0 aromatic carbocycles. The van der Waals surface area contributed by atoms with Crippen LogP contribution in [0.15, 0.2) is 24.4 Å². The van der Waals surface area contributed by atoms with E-state index in [4.69, 9.17) is 0 Å². The second-order valence-corrected chi connectivity index (χ2v) is 6.33. The van der Waals surface area contributed by atoms with Gasteiger partial charge >= 0.3 is 0 Å². The fraction of sp³-hybridized carbons (Fsp3) is 0.688. The number of piperidine rings is 2. The highest BCUT2D eigenvalue weighted by Crippen LogP contribution is 2.38. The van der Waals surface area contributed by atoms with Crippen LogP contribution in [0.4, 0.5) is 0 Å². The predicted octanol–water partition coefficient (Wildman–Crippen LogP) is 2.53. The summed E-state index contributed by atoms with van der Waals surface area (Å²) in [6, 6.07) is 6.94. The first-order valence-corrected chi connectivity index (χ1v) is 7.55. The van der Waals surface area contributed by atoms with Gasteiger partial charge in [0.05, 0.1) is 5.69 Å². The molecule has 0 bridgehead atoms. The van der Waals surface area contributed by atoms with Gasteiger partial charge in [-0.1, -0.05) is 6.07 Å². The van der Waals surface area contributed by atoms with Crippen molar-refractivity contribution in [2.75, 3.05) is 20.1 Å². The van der Waals surface area contributed by atoms with Crippen LogP contribution in [0.2, 0.25) is 0 Å². The minimum absolute atomic E-state index is 0.366. The molecule has 2 aliphatic rings. The lowest BCUT2D eigenvalue weighted by Gasteiger charge is -2.55. The van der Waals surface area contributed by atoms with Crippen molar-refractivity contribution < 1.29 is 0 Å². The number of pyridine rings is 1. The van der Waals surface area contributed by atoms with E-state index in [-0.39, 0.29) is 0 Å². The molecule has 0 saturated carbocycles. The highest BCUT2D eigenvalue weighted by atomic mass is 15.3. The van der Waals surface area contributed by atoms with E-state index in [1.807, 2.05) is 12.3 Å². The van der Waals surface area contributed by atoms with Gasteiger partial charge in [-0.3, -0.25) is 14.8 Å². The average molecular weight is 259 g/mol. The van der Waals surface area contributed by atoms with Crippen molar-refractivity contribution in [2.45, 2.75) is 50.7 Å². The molecule has 2 atom stereocenters. The normalized spacial score (nSPS) is 33.1. The Morgan fingerprint density at radius 3 is 3.00 bits per heavy atom. The van der Waals surface area contributed by atoms with Crippen molar-refractivity contribution in [2.24, 2.45) is 0 Å². The topological polar surface area (TPSA) is 19.4 Å². The molecule has 0 unspecified atom stereocenters. The summed E-state index contributed by atoms with van der Waals surface area (Å²) >= 11 is 0. The molecule has 2 saturated heterocycles. The zero-order chi connectivity index (χ0) is 13.3. The molecule has 0 spiro atoms. The maximum atomic E-state index is 4.50. The standard InChI is InChI=1S/C16H25N3/c1-16-9-6-12-19(13-14-7-3-4-10-17-14)15(16)8-5-11-18(16)2/h3-4,7,10,15H,5-6,8-9,11-13H2,1-2H3/t15-,16+/m1/s1. The Bertz CT molecular complexity index is 419. The zero-order valence-electron chi connectivity index (χ0n) is 12.2. The van der Waals surface area contributed by atoms with Crippen molar-refractivity contribution in [3.05, 3.63) is 30.1 Å². The minimum Gasteiger partial charge on any atom is -0.299 e.